The predicted octanol–water partition coefficient (Wildman–Crippen LogP) is 3.09. The summed E-state index contributed by atoms with van der Waals surface area (Å²) in [6.07, 6.45) is 4.88. The van der Waals surface area contributed by atoms with Gasteiger partial charge in [0, 0.05) is 20.1 Å². The molecule has 1 atom stereocenters. The number of aliphatic imine (C=N–C) groups is 1. The Morgan fingerprint density at radius 3 is 2.31 bits per heavy atom. The third-order valence-corrected chi connectivity index (χ3v) is 5.72. The van der Waals surface area contributed by atoms with Crippen LogP contribution in [0.4, 0.5) is 0 Å². The summed E-state index contributed by atoms with van der Waals surface area (Å²) in [4.78, 5) is 4.51. The maximum atomic E-state index is 11.7. The van der Waals surface area contributed by atoms with Gasteiger partial charge in [0.25, 0.3) is 0 Å². The van der Waals surface area contributed by atoms with Crippen LogP contribution in [-0.2, 0) is 16.6 Å². The molecule has 0 saturated carbocycles. The average Bonchev–Trinajstić information content (AvgIpc) is 2.64. The van der Waals surface area contributed by atoms with Gasteiger partial charge < -0.3 is 10.6 Å². The summed E-state index contributed by atoms with van der Waals surface area (Å²) >= 11 is 0. The highest BCUT2D eigenvalue weighted by Gasteiger charge is 2.10. The number of unbranched alkanes of at least 4 members (excludes halogenated alkanes) is 1. The molecule has 0 saturated heterocycles. The molecule has 1 aromatic rings. The zero-order valence-corrected chi connectivity index (χ0v) is 19.4. The Kier molecular flexibility index (Phi) is 12.9. The van der Waals surface area contributed by atoms with Gasteiger partial charge in [-0.2, -0.15) is 0 Å². The minimum atomic E-state index is -3.39. The fourth-order valence-corrected chi connectivity index (χ4v) is 3.23. The zero-order chi connectivity index (χ0) is 18.7. The Balaban J connectivity index is 0.00000625. The summed E-state index contributed by atoms with van der Waals surface area (Å²) in [7, 11) is -0.224. The van der Waals surface area contributed by atoms with E-state index in [1.807, 2.05) is 0 Å². The van der Waals surface area contributed by atoms with Crippen LogP contribution in [0.15, 0.2) is 34.2 Å². The van der Waals surface area contributed by atoms with E-state index in [1.54, 1.807) is 31.3 Å². The van der Waals surface area contributed by atoms with Gasteiger partial charge in [0.15, 0.2) is 5.96 Å². The number of hydrogen-bond donors (Lipinski definition) is 3. The lowest BCUT2D eigenvalue weighted by atomic mass is 9.99. The molecule has 1 aromatic carbocycles. The fraction of sp³-hybridized carbons (Fsp3) is 0.611. The topological polar surface area (TPSA) is 82.6 Å². The Morgan fingerprint density at radius 1 is 1.15 bits per heavy atom. The standard InChI is InChI=1S/C18H32N4O2S.HI/c1-5-7-8-15(6-2)13-21-18(19-3)22-14-16-9-11-17(12-10-16)25(23,24)20-4;/h9-12,15,20H,5-8,13-14H2,1-4H3,(H2,19,21,22);1H. The molecule has 6 nitrogen and oxygen atoms in total. The van der Waals surface area contributed by atoms with Crippen molar-refractivity contribution in [3.05, 3.63) is 29.8 Å². The molecule has 0 radical (unpaired) electrons. The molecule has 8 heteroatoms. The third-order valence-electron chi connectivity index (χ3n) is 4.29. The smallest absolute Gasteiger partial charge is 0.240 e. The van der Waals surface area contributed by atoms with Crippen LogP contribution in [0.3, 0.4) is 0 Å². The van der Waals surface area contributed by atoms with Gasteiger partial charge in [0.2, 0.25) is 10.0 Å². The van der Waals surface area contributed by atoms with Gasteiger partial charge in [-0.15, -0.1) is 24.0 Å². The first-order valence-electron chi connectivity index (χ1n) is 8.93. The van der Waals surface area contributed by atoms with Crippen LogP contribution in [0.25, 0.3) is 0 Å². The fourth-order valence-electron chi connectivity index (χ4n) is 2.50. The van der Waals surface area contributed by atoms with Crippen LogP contribution >= 0.6 is 24.0 Å². The van der Waals surface area contributed by atoms with Crippen molar-refractivity contribution in [3.63, 3.8) is 0 Å². The first kappa shape index (κ1) is 25.1. The predicted molar refractivity (Wildman–Crippen MR) is 120 cm³/mol. The van der Waals surface area contributed by atoms with E-state index in [2.05, 4.69) is 34.2 Å². The van der Waals surface area contributed by atoms with E-state index in [-0.39, 0.29) is 28.9 Å². The molecule has 26 heavy (non-hydrogen) atoms. The molecule has 0 bridgehead atoms. The Morgan fingerprint density at radius 2 is 1.81 bits per heavy atom. The number of benzene rings is 1. The Bertz CT molecular complexity index is 633. The van der Waals surface area contributed by atoms with Gasteiger partial charge in [0.05, 0.1) is 4.90 Å². The number of nitrogens with one attached hydrogen (secondary N) is 3. The van der Waals surface area contributed by atoms with Crippen molar-refractivity contribution < 1.29 is 8.42 Å². The zero-order valence-electron chi connectivity index (χ0n) is 16.2. The van der Waals surface area contributed by atoms with Crippen molar-refractivity contribution in [1.29, 1.82) is 0 Å². The molecule has 0 aromatic heterocycles. The molecule has 1 unspecified atom stereocenters. The molecule has 0 aliphatic heterocycles. The van der Waals surface area contributed by atoms with Crippen molar-refractivity contribution in [2.45, 2.75) is 51.0 Å². The summed E-state index contributed by atoms with van der Waals surface area (Å²) < 4.78 is 25.8. The van der Waals surface area contributed by atoms with Crippen molar-refractivity contribution in [2.24, 2.45) is 10.9 Å². The van der Waals surface area contributed by atoms with Gasteiger partial charge in [0.1, 0.15) is 0 Å². The summed E-state index contributed by atoms with van der Waals surface area (Å²) in [5.41, 5.74) is 0.996. The summed E-state index contributed by atoms with van der Waals surface area (Å²) in [5, 5.41) is 6.64. The van der Waals surface area contributed by atoms with Crippen LogP contribution in [0.2, 0.25) is 0 Å². The number of hydrogen-bond acceptors (Lipinski definition) is 3. The van der Waals surface area contributed by atoms with Crippen molar-refractivity contribution in [3.8, 4) is 0 Å². The third kappa shape index (κ3) is 8.68. The molecular weight excluding hydrogens is 463 g/mol. The molecule has 0 spiro atoms. The molecule has 1 rings (SSSR count). The Hall–Kier alpha value is -0.870. The van der Waals surface area contributed by atoms with Crippen LogP contribution in [-0.4, -0.2) is 35.0 Å². The summed E-state index contributed by atoms with van der Waals surface area (Å²) in [5.74, 6) is 1.42. The van der Waals surface area contributed by atoms with Gasteiger partial charge in [-0.1, -0.05) is 45.2 Å². The van der Waals surface area contributed by atoms with Crippen LogP contribution < -0.4 is 15.4 Å². The SMILES string of the molecule is CCCCC(CC)CNC(=NC)NCc1ccc(S(=O)(=O)NC)cc1.I. The van der Waals surface area contributed by atoms with E-state index in [9.17, 15) is 8.42 Å². The maximum absolute atomic E-state index is 11.7. The molecule has 150 valence electrons. The van der Waals surface area contributed by atoms with E-state index < -0.39 is 10.0 Å². The number of halogens is 1. The first-order chi connectivity index (χ1) is 12.0. The normalized spacial score (nSPS) is 13.0. The van der Waals surface area contributed by atoms with E-state index in [0.29, 0.717) is 12.5 Å². The van der Waals surface area contributed by atoms with Crippen molar-refractivity contribution >= 4 is 40.0 Å². The minimum Gasteiger partial charge on any atom is -0.356 e. The highest BCUT2D eigenvalue weighted by Crippen LogP contribution is 2.11. The lowest BCUT2D eigenvalue weighted by Gasteiger charge is -2.18. The average molecular weight is 496 g/mol. The van der Waals surface area contributed by atoms with Gasteiger partial charge in [-0.25, -0.2) is 13.1 Å². The molecular formula is C18H33IN4O2S. The van der Waals surface area contributed by atoms with Gasteiger partial charge >= 0.3 is 0 Å². The number of nitrogens with zero attached hydrogens (tertiary/aromatic N) is 1. The van der Waals surface area contributed by atoms with Gasteiger partial charge in [-0.3, -0.25) is 4.99 Å². The first-order valence-corrected chi connectivity index (χ1v) is 10.4. The molecule has 0 fully saturated rings. The minimum absolute atomic E-state index is 0. The second-order valence-corrected chi connectivity index (χ2v) is 7.96. The number of guanidine groups is 1. The second-order valence-electron chi connectivity index (χ2n) is 6.07. The molecule has 3 N–H and O–H groups in total. The second kappa shape index (κ2) is 13.3. The molecule has 0 heterocycles. The summed E-state index contributed by atoms with van der Waals surface area (Å²) in [6, 6.07) is 6.83. The molecule has 0 aliphatic rings. The quantitative estimate of drug-likeness (QED) is 0.264. The van der Waals surface area contributed by atoms with E-state index >= 15 is 0 Å². The van der Waals surface area contributed by atoms with Crippen molar-refractivity contribution in [1.82, 2.24) is 15.4 Å². The van der Waals surface area contributed by atoms with E-state index in [1.165, 1.54) is 26.3 Å². The number of rotatable bonds is 10. The summed E-state index contributed by atoms with van der Waals surface area (Å²) in [6.45, 7) is 5.94. The monoisotopic (exact) mass is 496 g/mol. The van der Waals surface area contributed by atoms with E-state index in [4.69, 9.17) is 0 Å². The molecule has 0 amide bonds. The molecule has 0 aliphatic carbocycles. The highest BCUT2D eigenvalue weighted by atomic mass is 127. The lowest BCUT2D eigenvalue weighted by molar-refractivity contribution is 0.443. The van der Waals surface area contributed by atoms with Crippen LogP contribution in [0.1, 0.15) is 45.1 Å². The Labute approximate surface area is 175 Å². The van der Waals surface area contributed by atoms with Crippen LogP contribution in [0.5, 0.6) is 0 Å². The van der Waals surface area contributed by atoms with Gasteiger partial charge in [-0.05, 0) is 37.1 Å². The van der Waals surface area contributed by atoms with E-state index in [0.717, 1.165) is 24.5 Å². The van der Waals surface area contributed by atoms with Crippen LogP contribution in [0, 0.1) is 5.92 Å². The maximum Gasteiger partial charge on any atom is 0.240 e. The highest BCUT2D eigenvalue weighted by molar-refractivity contribution is 14.0. The van der Waals surface area contributed by atoms with Crippen molar-refractivity contribution in [2.75, 3.05) is 20.6 Å². The lowest BCUT2D eigenvalue weighted by Crippen LogP contribution is -2.39. The number of sulfonamides is 1. The largest absolute Gasteiger partial charge is 0.356 e.